The van der Waals surface area contributed by atoms with Crippen LogP contribution in [0, 0.1) is 0 Å². The van der Waals surface area contributed by atoms with Gasteiger partial charge in [-0.3, -0.25) is 0 Å². The first-order valence-electron chi connectivity index (χ1n) is 5.95. The van der Waals surface area contributed by atoms with Gasteiger partial charge in [-0.1, -0.05) is 46.6 Å². The van der Waals surface area contributed by atoms with Crippen LogP contribution >= 0.6 is 39.1 Å². The van der Waals surface area contributed by atoms with Crippen molar-refractivity contribution >= 4 is 50.8 Å². The largest absolute Gasteiger partial charge is 0.366 e. The number of hydrogen-bond donors (Lipinski definition) is 0. The van der Waals surface area contributed by atoms with Crippen LogP contribution in [0.3, 0.4) is 0 Å². The number of benzene rings is 2. The first kappa shape index (κ1) is 16.0. The molecule has 0 aliphatic heterocycles. The van der Waals surface area contributed by atoms with Gasteiger partial charge in [0.1, 0.15) is 0 Å². The maximum Gasteiger partial charge on any atom is 0.366 e. The van der Waals surface area contributed by atoms with Gasteiger partial charge in [-0.2, -0.15) is 0 Å². The molecule has 0 radical (unpaired) electrons. The molecule has 0 aliphatic carbocycles. The van der Waals surface area contributed by atoms with Crippen LogP contribution in [0.1, 0.15) is 22.8 Å². The molecule has 0 fully saturated rings. The van der Waals surface area contributed by atoms with Crippen molar-refractivity contribution < 1.29 is 9.63 Å². The topological polar surface area (TPSA) is 38.7 Å². The lowest BCUT2D eigenvalue weighted by atomic mass is 10.1. The second kappa shape index (κ2) is 7.07. The molecule has 0 unspecified atom stereocenters. The van der Waals surface area contributed by atoms with Gasteiger partial charge in [-0.25, -0.2) is 4.79 Å². The molecule has 0 atom stereocenters. The summed E-state index contributed by atoms with van der Waals surface area (Å²) in [5, 5.41) is 4.70. The van der Waals surface area contributed by atoms with Crippen LogP contribution in [0.25, 0.3) is 0 Å². The van der Waals surface area contributed by atoms with Gasteiger partial charge in [0.25, 0.3) is 0 Å². The number of oxime groups is 1. The summed E-state index contributed by atoms with van der Waals surface area (Å²) in [4.78, 5) is 16.9. The van der Waals surface area contributed by atoms with Gasteiger partial charge in [-0.05, 0) is 47.1 Å². The van der Waals surface area contributed by atoms with Crippen LogP contribution in [0.2, 0.25) is 10.0 Å². The van der Waals surface area contributed by atoms with E-state index in [0.29, 0.717) is 25.8 Å². The predicted octanol–water partition coefficient (Wildman–Crippen LogP) is 5.34. The van der Waals surface area contributed by atoms with E-state index >= 15 is 0 Å². The Bertz CT molecular complexity index is 717. The van der Waals surface area contributed by atoms with Gasteiger partial charge >= 0.3 is 5.97 Å². The van der Waals surface area contributed by atoms with E-state index < -0.39 is 5.97 Å². The predicted molar refractivity (Wildman–Crippen MR) is 88.2 cm³/mol. The molecule has 0 heterocycles. The van der Waals surface area contributed by atoms with Gasteiger partial charge in [-0.15, -0.1) is 0 Å². The lowest BCUT2D eigenvalue weighted by Crippen LogP contribution is -2.04. The fraction of sp³-hybridized carbons (Fsp3) is 0.0667. The molecule has 0 spiro atoms. The lowest BCUT2D eigenvalue weighted by molar-refractivity contribution is 0.0515. The molecule has 0 saturated carbocycles. The quantitative estimate of drug-likeness (QED) is 0.405. The Kier molecular flexibility index (Phi) is 5.39. The number of carbonyl (C=O) groups excluding carboxylic acids is 1. The molecule has 0 N–H and O–H groups in total. The van der Waals surface area contributed by atoms with Crippen molar-refractivity contribution in [3.05, 3.63) is 68.1 Å². The summed E-state index contributed by atoms with van der Waals surface area (Å²) in [5.74, 6) is -0.540. The Morgan fingerprint density at radius 3 is 2.52 bits per heavy atom. The minimum atomic E-state index is -0.540. The molecule has 0 saturated heterocycles. The maximum atomic E-state index is 11.9. The summed E-state index contributed by atoms with van der Waals surface area (Å²) in [6.07, 6.45) is 0. The van der Waals surface area contributed by atoms with Crippen LogP contribution < -0.4 is 0 Å². The van der Waals surface area contributed by atoms with Gasteiger partial charge in [0, 0.05) is 10.0 Å². The fourth-order valence-electron chi connectivity index (χ4n) is 1.56. The zero-order valence-electron chi connectivity index (χ0n) is 10.9. The highest BCUT2D eigenvalue weighted by molar-refractivity contribution is 9.10. The molecule has 0 aromatic heterocycles. The zero-order valence-corrected chi connectivity index (χ0v) is 14.0. The van der Waals surface area contributed by atoms with Crippen molar-refractivity contribution in [1.82, 2.24) is 0 Å². The average molecular weight is 387 g/mol. The second-order valence-corrected chi connectivity index (χ2v) is 5.83. The smallest absolute Gasteiger partial charge is 0.312 e. The molecule has 6 heteroatoms. The molecule has 0 amide bonds. The monoisotopic (exact) mass is 385 g/mol. The van der Waals surface area contributed by atoms with E-state index in [4.69, 9.17) is 28.0 Å². The summed E-state index contributed by atoms with van der Waals surface area (Å²) in [6, 6.07) is 12.0. The van der Waals surface area contributed by atoms with Crippen LogP contribution in [-0.2, 0) is 4.84 Å². The van der Waals surface area contributed by atoms with Crippen LogP contribution in [0.15, 0.2) is 52.1 Å². The summed E-state index contributed by atoms with van der Waals surface area (Å²) < 4.78 is 0.650. The summed E-state index contributed by atoms with van der Waals surface area (Å²) in [6.45, 7) is 1.72. The molecule has 0 aliphatic rings. The van der Waals surface area contributed by atoms with Crippen molar-refractivity contribution in [2.24, 2.45) is 5.16 Å². The Labute approximate surface area is 140 Å². The first-order valence-corrected chi connectivity index (χ1v) is 7.50. The molecule has 3 nitrogen and oxygen atoms in total. The summed E-state index contributed by atoms with van der Waals surface area (Å²) >= 11 is 15.1. The third-order valence-corrected chi connectivity index (χ3v) is 4.13. The lowest BCUT2D eigenvalue weighted by Gasteiger charge is -2.04. The van der Waals surface area contributed by atoms with E-state index in [1.165, 1.54) is 0 Å². The Hall–Kier alpha value is -1.36. The summed E-state index contributed by atoms with van der Waals surface area (Å²) in [5.41, 5.74) is 1.65. The van der Waals surface area contributed by atoms with Crippen molar-refractivity contribution in [3.8, 4) is 0 Å². The van der Waals surface area contributed by atoms with Crippen LogP contribution in [0.5, 0.6) is 0 Å². The normalized spacial score (nSPS) is 11.3. The third-order valence-electron chi connectivity index (χ3n) is 2.70. The van der Waals surface area contributed by atoms with Gasteiger partial charge in [0.2, 0.25) is 0 Å². The third kappa shape index (κ3) is 4.06. The van der Waals surface area contributed by atoms with E-state index in [2.05, 4.69) is 21.1 Å². The number of hydrogen-bond acceptors (Lipinski definition) is 3. The zero-order chi connectivity index (χ0) is 15.4. The molecule has 0 bridgehead atoms. The SMILES string of the molecule is C/C(=N/OC(=O)c1ccccc1Br)c1ccc(Cl)c(Cl)c1. The highest BCUT2D eigenvalue weighted by atomic mass is 79.9. The molecule has 2 rings (SSSR count). The highest BCUT2D eigenvalue weighted by Crippen LogP contribution is 2.23. The molecule has 108 valence electrons. The molecule has 21 heavy (non-hydrogen) atoms. The van der Waals surface area contributed by atoms with E-state index in [1.54, 1.807) is 43.3 Å². The van der Waals surface area contributed by atoms with Crippen molar-refractivity contribution in [2.75, 3.05) is 0 Å². The van der Waals surface area contributed by atoms with E-state index in [0.717, 1.165) is 5.56 Å². The summed E-state index contributed by atoms with van der Waals surface area (Å²) in [7, 11) is 0. The number of rotatable bonds is 3. The van der Waals surface area contributed by atoms with Crippen LogP contribution in [0.4, 0.5) is 0 Å². The Morgan fingerprint density at radius 1 is 1.14 bits per heavy atom. The number of carbonyl (C=O) groups is 1. The average Bonchev–Trinajstić information content (AvgIpc) is 2.47. The standard InChI is InChI=1S/C15H10BrCl2NO2/c1-9(10-6-7-13(17)14(18)8-10)19-21-15(20)11-4-2-3-5-12(11)16/h2-8H,1H3/b19-9-. The minimum absolute atomic E-state index is 0.406. The van der Waals surface area contributed by atoms with Crippen molar-refractivity contribution in [3.63, 3.8) is 0 Å². The minimum Gasteiger partial charge on any atom is -0.312 e. The Balaban J connectivity index is 2.15. The molecular weight excluding hydrogens is 377 g/mol. The molecule has 2 aromatic rings. The molecular formula is C15H10BrCl2NO2. The van der Waals surface area contributed by atoms with Crippen molar-refractivity contribution in [1.29, 1.82) is 0 Å². The Morgan fingerprint density at radius 2 is 1.86 bits per heavy atom. The van der Waals surface area contributed by atoms with Gasteiger partial charge in [0.15, 0.2) is 0 Å². The van der Waals surface area contributed by atoms with E-state index in [9.17, 15) is 4.79 Å². The molecule has 2 aromatic carbocycles. The van der Waals surface area contributed by atoms with Gasteiger partial charge in [0.05, 0.1) is 21.3 Å². The van der Waals surface area contributed by atoms with E-state index in [1.807, 2.05) is 6.07 Å². The van der Waals surface area contributed by atoms with Crippen molar-refractivity contribution in [2.45, 2.75) is 6.92 Å². The maximum absolute atomic E-state index is 11.9. The second-order valence-electron chi connectivity index (χ2n) is 4.16. The fourth-order valence-corrected chi connectivity index (χ4v) is 2.30. The number of nitrogens with zero attached hydrogens (tertiary/aromatic N) is 1. The first-order chi connectivity index (χ1) is 9.99. The van der Waals surface area contributed by atoms with Crippen LogP contribution in [-0.4, -0.2) is 11.7 Å². The number of halogens is 3. The highest BCUT2D eigenvalue weighted by Gasteiger charge is 2.11. The van der Waals surface area contributed by atoms with Gasteiger partial charge < -0.3 is 4.84 Å². The van der Waals surface area contributed by atoms with E-state index in [-0.39, 0.29) is 0 Å².